The average molecular weight is 441 g/mol. The van der Waals surface area contributed by atoms with Gasteiger partial charge in [0.1, 0.15) is 5.69 Å². The van der Waals surface area contributed by atoms with Crippen LogP contribution in [0, 0.1) is 10.1 Å². The Morgan fingerprint density at radius 3 is 2.80 bits per heavy atom. The highest BCUT2D eigenvalue weighted by Gasteiger charge is 2.36. The Balaban J connectivity index is 1.56. The van der Waals surface area contributed by atoms with Gasteiger partial charge in [-0.1, -0.05) is 35.9 Å². The van der Waals surface area contributed by atoms with E-state index in [2.05, 4.69) is 20.3 Å². The van der Waals surface area contributed by atoms with E-state index in [0.717, 1.165) is 0 Å². The van der Waals surface area contributed by atoms with Crippen molar-refractivity contribution in [2.75, 3.05) is 5.01 Å². The molecule has 0 radical (unpaired) electrons. The Hall–Kier alpha value is -3.50. The Kier molecular flexibility index (Phi) is 5.34. The lowest BCUT2D eigenvalue weighted by Gasteiger charge is -2.08. The quantitative estimate of drug-likeness (QED) is 0.306. The van der Waals surface area contributed by atoms with E-state index >= 15 is 0 Å². The molecule has 0 N–H and O–H groups in total. The van der Waals surface area contributed by atoms with Crippen molar-refractivity contribution in [3.05, 3.63) is 69.0 Å². The highest BCUT2D eigenvalue weighted by molar-refractivity contribution is 7.14. The van der Waals surface area contributed by atoms with Gasteiger partial charge < -0.3 is 0 Å². The standard InChI is InChI=1S/C19H13ClN6O3S/c1-11-17(23-22-15-8-3-2-7-14(15)20)18(27)25(24-11)19-21-16(10-30-19)12-5-4-6-13(9-12)26(28)29/h2-10,17H,1H3/t17-/m0/s1. The first-order chi connectivity index (χ1) is 14.4. The van der Waals surface area contributed by atoms with Gasteiger partial charge in [-0.25, -0.2) is 4.98 Å². The second-order valence-electron chi connectivity index (χ2n) is 6.28. The molecule has 1 aromatic heterocycles. The number of carbonyl (C=O) groups excluding carboxylic acids is 1. The Bertz CT molecular complexity index is 1210. The van der Waals surface area contributed by atoms with Gasteiger partial charge in [0.15, 0.2) is 6.04 Å². The number of carbonyl (C=O) groups is 1. The average Bonchev–Trinajstić information content (AvgIpc) is 3.33. The number of nitrogens with zero attached hydrogens (tertiary/aromatic N) is 6. The lowest BCUT2D eigenvalue weighted by atomic mass is 10.1. The van der Waals surface area contributed by atoms with Gasteiger partial charge >= 0.3 is 0 Å². The maximum atomic E-state index is 12.8. The third-order valence-electron chi connectivity index (χ3n) is 4.26. The molecule has 0 spiro atoms. The lowest BCUT2D eigenvalue weighted by molar-refractivity contribution is -0.384. The summed E-state index contributed by atoms with van der Waals surface area (Å²) in [6, 6.07) is 12.2. The summed E-state index contributed by atoms with van der Waals surface area (Å²) < 4.78 is 0. The van der Waals surface area contributed by atoms with Crippen molar-refractivity contribution in [1.82, 2.24) is 4.98 Å². The number of hydrogen-bond donors (Lipinski definition) is 0. The van der Waals surface area contributed by atoms with Crippen LogP contribution in [0.15, 0.2) is 69.2 Å². The molecule has 0 fully saturated rings. The fraction of sp³-hybridized carbons (Fsp3) is 0.105. The summed E-state index contributed by atoms with van der Waals surface area (Å²) in [6.45, 7) is 1.68. The number of aromatic nitrogens is 1. The molecule has 4 rings (SSSR count). The molecule has 11 heteroatoms. The zero-order valence-corrected chi connectivity index (χ0v) is 17.0. The van der Waals surface area contributed by atoms with Crippen LogP contribution < -0.4 is 5.01 Å². The molecular formula is C19H13ClN6O3S. The Morgan fingerprint density at radius 2 is 2.03 bits per heavy atom. The molecule has 0 saturated heterocycles. The molecule has 2 heterocycles. The van der Waals surface area contributed by atoms with Crippen molar-refractivity contribution in [3.63, 3.8) is 0 Å². The molecule has 0 bridgehead atoms. The molecule has 0 unspecified atom stereocenters. The largest absolute Gasteiger partial charge is 0.282 e. The van der Waals surface area contributed by atoms with Crippen LogP contribution in [0.5, 0.6) is 0 Å². The van der Waals surface area contributed by atoms with E-state index in [1.54, 1.807) is 48.7 Å². The Morgan fingerprint density at radius 1 is 1.23 bits per heavy atom. The molecule has 1 aliphatic heterocycles. The number of nitro benzene ring substituents is 1. The van der Waals surface area contributed by atoms with Crippen molar-refractivity contribution >= 4 is 51.1 Å². The third-order valence-corrected chi connectivity index (χ3v) is 5.39. The minimum Gasteiger partial charge on any atom is -0.269 e. The van der Waals surface area contributed by atoms with Crippen LogP contribution in [0.1, 0.15) is 6.92 Å². The molecule has 0 aliphatic carbocycles. The number of thiazole rings is 1. The van der Waals surface area contributed by atoms with Crippen molar-refractivity contribution < 1.29 is 9.72 Å². The SMILES string of the molecule is CC1=NN(c2nc(-c3cccc([N+](=O)[O-])c3)cs2)C(=O)[C@H]1N=Nc1ccccc1Cl. The first-order valence-corrected chi connectivity index (χ1v) is 9.94. The number of benzene rings is 2. The first-order valence-electron chi connectivity index (χ1n) is 8.69. The predicted molar refractivity (Wildman–Crippen MR) is 115 cm³/mol. The molecule has 1 atom stereocenters. The van der Waals surface area contributed by atoms with Crippen molar-refractivity contribution in [1.29, 1.82) is 0 Å². The number of non-ortho nitro benzene ring substituents is 1. The van der Waals surface area contributed by atoms with E-state index in [9.17, 15) is 14.9 Å². The van der Waals surface area contributed by atoms with Gasteiger partial charge in [0, 0.05) is 23.1 Å². The van der Waals surface area contributed by atoms with Gasteiger partial charge in [-0.2, -0.15) is 20.3 Å². The fourth-order valence-electron chi connectivity index (χ4n) is 2.75. The van der Waals surface area contributed by atoms with Crippen LogP contribution in [0.2, 0.25) is 5.02 Å². The van der Waals surface area contributed by atoms with Crippen molar-refractivity contribution in [2.24, 2.45) is 15.3 Å². The Labute approximate surface area is 179 Å². The summed E-state index contributed by atoms with van der Waals surface area (Å²) in [6.07, 6.45) is 0. The number of nitro groups is 1. The summed E-state index contributed by atoms with van der Waals surface area (Å²) in [5.41, 5.74) is 1.99. The molecule has 1 amide bonds. The zero-order chi connectivity index (χ0) is 21.3. The molecule has 30 heavy (non-hydrogen) atoms. The second kappa shape index (κ2) is 8.09. The summed E-state index contributed by atoms with van der Waals surface area (Å²) in [5, 5.41) is 27.1. The van der Waals surface area contributed by atoms with E-state index in [-0.39, 0.29) is 11.6 Å². The molecule has 0 saturated carbocycles. The lowest BCUT2D eigenvalue weighted by Crippen LogP contribution is -2.29. The van der Waals surface area contributed by atoms with Crippen LogP contribution in [0.4, 0.5) is 16.5 Å². The minimum atomic E-state index is -0.869. The number of anilines is 1. The van der Waals surface area contributed by atoms with E-state index in [0.29, 0.717) is 32.8 Å². The smallest absolute Gasteiger partial charge is 0.269 e. The third kappa shape index (κ3) is 3.82. The van der Waals surface area contributed by atoms with Gasteiger partial charge in [0.05, 0.1) is 21.4 Å². The van der Waals surface area contributed by atoms with Crippen LogP contribution in [0.3, 0.4) is 0 Å². The first kappa shape index (κ1) is 19.8. The number of rotatable bonds is 5. The van der Waals surface area contributed by atoms with Crippen LogP contribution >= 0.6 is 22.9 Å². The number of halogens is 1. The van der Waals surface area contributed by atoms with Crippen LogP contribution in [0.25, 0.3) is 11.3 Å². The number of amides is 1. The summed E-state index contributed by atoms with van der Waals surface area (Å²) in [4.78, 5) is 27.7. The molecule has 2 aromatic carbocycles. The number of hydrazone groups is 1. The topological polar surface area (TPSA) is 113 Å². The highest BCUT2D eigenvalue weighted by atomic mass is 35.5. The summed E-state index contributed by atoms with van der Waals surface area (Å²) >= 11 is 7.27. The summed E-state index contributed by atoms with van der Waals surface area (Å²) in [5.74, 6) is -0.386. The van der Waals surface area contributed by atoms with Gasteiger partial charge in [-0.05, 0) is 19.1 Å². The van der Waals surface area contributed by atoms with Crippen LogP contribution in [-0.4, -0.2) is 27.6 Å². The maximum Gasteiger partial charge on any atom is 0.282 e. The minimum absolute atomic E-state index is 0.0341. The zero-order valence-electron chi connectivity index (χ0n) is 15.5. The fourth-order valence-corrected chi connectivity index (χ4v) is 3.71. The van der Waals surface area contributed by atoms with Gasteiger partial charge in [0.2, 0.25) is 5.13 Å². The van der Waals surface area contributed by atoms with E-state index in [1.807, 2.05) is 0 Å². The maximum absolute atomic E-state index is 12.8. The summed E-state index contributed by atoms with van der Waals surface area (Å²) in [7, 11) is 0. The van der Waals surface area contributed by atoms with Crippen molar-refractivity contribution in [2.45, 2.75) is 13.0 Å². The van der Waals surface area contributed by atoms with Gasteiger partial charge in [0.25, 0.3) is 11.6 Å². The second-order valence-corrected chi connectivity index (χ2v) is 7.53. The molecule has 9 nitrogen and oxygen atoms in total. The normalized spacial score (nSPS) is 16.3. The number of azo groups is 1. The van der Waals surface area contributed by atoms with Crippen molar-refractivity contribution in [3.8, 4) is 11.3 Å². The van der Waals surface area contributed by atoms with Gasteiger partial charge in [-0.15, -0.1) is 11.3 Å². The van der Waals surface area contributed by atoms with E-state index in [1.165, 1.54) is 28.5 Å². The molecule has 3 aromatic rings. The molecule has 150 valence electrons. The number of hydrogen-bond acceptors (Lipinski definition) is 8. The molecular weight excluding hydrogens is 428 g/mol. The van der Waals surface area contributed by atoms with Crippen LogP contribution in [-0.2, 0) is 4.79 Å². The van der Waals surface area contributed by atoms with E-state index < -0.39 is 11.0 Å². The van der Waals surface area contributed by atoms with E-state index in [4.69, 9.17) is 11.6 Å². The highest BCUT2D eigenvalue weighted by Crippen LogP contribution is 2.32. The van der Waals surface area contributed by atoms with Gasteiger partial charge in [-0.3, -0.25) is 14.9 Å². The monoisotopic (exact) mass is 440 g/mol. The molecule has 1 aliphatic rings. The predicted octanol–water partition coefficient (Wildman–Crippen LogP) is 5.25.